The zero-order valence-electron chi connectivity index (χ0n) is 12.5. The highest BCUT2D eigenvalue weighted by Gasteiger charge is 2.14. The largest absolute Gasteiger partial charge is 0.310 e. The van der Waals surface area contributed by atoms with Gasteiger partial charge in [-0.25, -0.2) is 4.39 Å². The first-order chi connectivity index (χ1) is 10.1. The van der Waals surface area contributed by atoms with E-state index in [2.05, 4.69) is 31.3 Å². The van der Waals surface area contributed by atoms with Crippen LogP contribution in [0.3, 0.4) is 0 Å². The van der Waals surface area contributed by atoms with Gasteiger partial charge in [-0.05, 0) is 55.1 Å². The van der Waals surface area contributed by atoms with Gasteiger partial charge in [0.15, 0.2) is 0 Å². The Balaban J connectivity index is 2.25. The summed E-state index contributed by atoms with van der Waals surface area (Å²) in [6, 6.07) is 13.5. The molecule has 2 aromatic rings. The number of benzene rings is 2. The lowest BCUT2D eigenvalue weighted by Crippen LogP contribution is -2.24. The SMILES string of the molecule is CCCNC(Cc1ccccc1C)c1ccc(Cl)c(F)c1. The van der Waals surface area contributed by atoms with Gasteiger partial charge in [0.05, 0.1) is 5.02 Å². The van der Waals surface area contributed by atoms with Crippen LogP contribution >= 0.6 is 11.6 Å². The van der Waals surface area contributed by atoms with Crippen molar-refractivity contribution in [2.75, 3.05) is 6.54 Å². The van der Waals surface area contributed by atoms with Crippen LogP contribution in [-0.4, -0.2) is 6.54 Å². The fraction of sp³-hybridized carbons (Fsp3) is 0.333. The van der Waals surface area contributed by atoms with E-state index in [-0.39, 0.29) is 16.9 Å². The standard InChI is InChI=1S/C18H21ClFN/c1-3-10-21-18(12-14-7-5-4-6-13(14)2)15-8-9-16(19)17(20)11-15/h4-9,11,18,21H,3,10,12H2,1-2H3. The molecule has 0 aliphatic heterocycles. The molecule has 2 rings (SSSR count). The third-order valence-corrected chi connectivity index (χ3v) is 3.98. The maximum atomic E-state index is 13.7. The van der Waals surface area contributed by atoms with Gasteiger partial charge in [0, 0.05) is 6.04 Å². The smallest absolute Gasteiger partial charge is 0.142 e. The molecular formula is C18H21ClFN. The minimum atomic E-state index is -0.359. The zero-order chi connectivity index (χ0) is 15.2. The summed E-state index contributed by atoms with van der Waals surface area (Å²) in [5.41, 5.74) is 3.48. The Morgan fingerprint density at radius 3 is 2.62 bits per heavy atom. The van der Waals surface area contributed by atoms with E-state index in [0.717, 1.165) is 24.9 Å². The average Bonchev–Trinajstić information content (AvgIpc) is 2.48. The van der Waals surface area contributed by atoms with Crippen LogP contribution in [0.5, 0.6) is 0 Å². The van der Waals surface area contributed by atoms with E-state index in [1.807, 2.05) is 18.2 Å². The van der Waals surface area contributed by atoms with Crippen molar-refractivity contribution in [3.8, 4) is 0 Å². The van der Waals surface area contributed by atoms with E-state index < -0.39 is 0 Å². The molecule has 0 saturated carbocycles. The van der Waals surface area contributed by atoms with Crippen molar-refractivity contribution in [3.63, 3.8) is 0 Å². The van der Waals surface area contributed by atoms with Crippen molar-refractivity contribution in [1.29, 1.82) is 0 Å². The van der Waals surface area contributed by atoms with Crippen molar-refractivity contribution in [1.82, 2.24) is 5.32 Å². The summed E-state index contributed by atoms with van der Waals surface area (Å²) in [4.78, 5) is 0. The van der Waals surface area contributed by atoms with E-state index >= 15 is 0 Å². The fourth-order valence-corrected chi connectivity index (χ4v) is 2.53. The van der Waals surface area contributed by atoms with Gasteiger partial charge in [-0.15, -0.1) is 0 Å². The molecular weight excluding hydrogens is 285 g/mol. The zero-order valence-corrected chi connectivity index (χ0v) is 13.3. The minimum absolute atomic E-state index is 0.0952. The molecule has 0 fully saturated rings. The lowest BCUT2D eigenvalue weighted by Gasteiger charge is -2.20. The highest BCUT2D eigenvalue weighted by molar-refractivity contribution is 6.30. The number of hydrogen-bond donors (Lipinski definition) is 1. The van der Waals surface area contributed by atoms with Crippen molar-refractivity contribution >= 4 is 11.6 Å². The van der Waals surface area contributed by atoms with Gasteiger partial charge < -0.3 is 5.32 Å². The first-order valence-corrected chi connectivity index (χ1v) is 7.72. The van der Waals surface area contributed by atoms with Crippen molar-refractivity contribution in [2.45, 2.75) is 32.7 Å². The highest BCUT2D eigenvalue weighted by atomic mass is 35.5. The maximum absolute atomic E-state index is 13.7. The van der Waals surface area contributed by atoms with Crippen molar-refractivity contribution < 1.29 is 4.39 Å². The third-order valence-electron chi connectivity index (χ3n) is 3.67. The van der Waals surface area contributed by atoms with Crippen LogP contribution in [0.2, 0.25) is 5.02 Å². The summed E-state index contributed by atoms with van der Waals surface area (Å²) in [6.07, 6.45) is 1.88. The summed E-state index contributed by atoms with van der Waals surface area (Å²) in [5, 5.41) is 3.67. The van der Waals surface area contributed by atoms with Gasteiger partial charge >= 0.3 is 0 Å². The molecule has 1 unspecified atom stereocenters. The number of halogens is 2. The average molecular weight is 306 g/mol. The fourth-order valence-electron chi connectivity index (χ4n) is 2.41. The van der Waals surface area contributed by atoms with Gasteiger partial charge in [0.1, 0.15) is 5.82 Å². The van der Waals surface area contributed by atoms with Crippen LogP contribution < -0.4 is 5.32 Å². The number of nitrogens with one attached hydrogen (secondary N) is 1. The first kappa shape index (κ1) is 16.0. The minimum Gasteiger partial charge on any atom is -0.310 e. The molecule has 1 atom stereocenters. The van der Waals surface area contributed by atoms with Gasteiger partial charge in [-0.1, -0.05) is 48.9 Å². The van der Waals surface area contributed by atoms with Gasteiger partial charge in [-0.3, -0.25) is 0 Å². The Hall–Kier alpha value is -1.38. The Kier molecular flexibility index (Phi) is 5.77. The monoisotopic (exact) mass is 305 g/mol. The molecule has 0 radical (unpaired) electrons. The summed E-state index contributed by atoms with van der Waals surface area (Å²) < 4.78 is 13.7. The van der Waals surface area contributed by atoms with Crippen LogP contribution in [0.1, 0.15) is 36.1 Å². The molecule has 1 N–H and O–H groups in total. The Morgan fingerprint density at radius 2 is 1.95 bits per heavy atom. The van der Waals surface area contributed by atoms with Crippen LogP contribution in [0.25, 0.3) is 0 Å². The molecule has 0 aromatic heterocycles. The maximum Gasteiger partial charge on any atom is 0.142 e. The molecule has 0 aliphatic rings. The molecule has 21 heavy (non-hydrogen) atoms. The normalized spacial score (nSPS) is 12.4. The predicted octanol–water partition coefficient (Wildman–Crippen LogP) is 5.07. The van der Waals surface area contributed by atoms with Crippen LogP contribution in [-0.2, 0) is 6.42 Å². The second-order valence-electron chi connectivity index (χ2n) is 5.31. The Morgan fingerprint density at radius 1 is 1.19 bits per heavy atom. The van der Waals surface area contributed by atoms with Crippen LogP contribution in [0.4, 0.5) is 4.39 Å². The molecule has 2 aromatic carbocycles. The summed E-state index contributed by atoms with van der Waals surface area (Å²) in [6.45, 7) is 5.13. The lowest BCUT2D eigenvalue weighted by atomic mass is 9.96. The van der Waals surface area contributed by atoms with E-state index in [4.69, 9.17) is 11.6 Å². The van der Waals surface area contributed by atoms with E-state index in [1.54, 1.807) is 6.07 Å². The molecule has 0 aliphatic carbocycles. The number of aryl methyl sites for hydroxylation is 1. The second-order valence-corrected chi connectivity index (χ2v) is 5.72. The van der Waals surface area contributed by atoms with Crippen LogP contribution in [0, 0.1) is 12.7 Å². The molecule has 0 heterocycles. The quantitative estimate of drug-likeness (QED) is 0.785. The number of rotatable bonds is 6. The summed E-state index contributed by atoms with van der Waals surface area (Å²) >= 11 is 5.78. The molecule has 0 amide bonds. The number of hydrogen-bond acceptors (Lipinski definition) is 1. The van der Waals surface area contributed by atoms with E-state index in [9.17, 15) is 4.39 Å². The molecule has 0 spiro atoms. The lowest BCUT2D eigenvalue weighted by molar-refractivity contribution is 0.523. The van der Waals surface area contributed by atoms with Gasteiger partial charge in [0.25, 0.3) is 0 Å². The van der Waals surface area contributed by atoms with Gasteiger partial charge in [0.2, 0.25) is 0 Å². The third kappa shape index (κ3) is 4.29. The molecule has 0 bridgehead atoms. The van der Waals surface area contributed by atoms with E-state index in [1.165, 1.54) is 17.2 Å². The predicted molar refractivity (Wildman–Crippen MR) is 87.3 cm³/mol. The Bertz CT molecular complexity index is 598. The molecule has 3 heteroatoms. The molecule has 112 valence electrons. The second kappa shape index (κ2) is 7.58. The van der Waals surface area contributed by atoms with E-state index in [0.29, 0.717) is 0 Å². The van der Waals surface area contributed by atoms with Gasteiger partial charge in [-0.2, -0.15) is 0 Å². The molecule has 1 nitrogen and oxygen atoms in total. The summed E-state index contributed by atoms with van der Waals surface area (Å²) in [5.74, 6) is -0.359. The summed E-state index contributed by atoms with van der Waals surface area (Å²) in [7, 11) is 0. The molecule has 0 saturated heterocycles. The topological polar surface area (TPSA) is 12.0 Å². The first-order valence-electron chi connectivity index (χ1n) is 7.34. The van der Waals surface area contributed by atoms with Crippen LogP contribution in [0.15, 0.2) is 42.5 Å². The van der Waals surface area contributed by atoms with Crippen molar-refractivity contribution in [3.05, 3.63) is 70.0 Å². The highest BCUT2D eigenvalue weighted by Crippen LogP contribution is 2.24. The Labute approximate surface area is 131 Å². The van der Waals surface area contributed by atoms with Crippen molar-refractivity contribution in [2.24, 2.45) is 0 Å².